The van der Waals surface area contributed by atoms with Crippen LogP contribution < -0.4 is 14.4 Å². The molecular formula is C24H24Cl2N2O4S. The van der Waals surface area contributed by atoms with Crippen molar-refractivity contribution < 1.29 is 17.9 Å². The van der Waals surface area contributed by atoms with Gasteiger partial charge in [-0.15, -0.1) is 0 Å². The number of carbonyl (C=O) groups is 1. The van der Waals surface area contributed by atoms with Gasteiger partial charge in [0.15, 0.2) is 0 Å². The molecule has 0 heterocycles. The molecule has 1 atom stereocenters. The quantitative estimate of drug-likeness (QED) is 0.417. The summed E-state index contributed by atoms with van der Waals surface area (Å²) in [4.78, 5) is 13.0. The van der Waals surface area contributed by atoms with Gasteiger partial charge in [0.2, 0.25) is 5.91 Å². The topological polar surface area (TPSA) is 75.7 Å². The third-order valence-electron chi connectivity index (χ3n) is 4.89. The molecule has 0 unspecified atom stereocenters. The second-order valence-electron chi connectivity index (χ2n) is 7.19. The summed E-state index contributed by atoms with van der Waals surface area (Å²) in [7, 11) is -4.09. The largest absolute Gasteiger partial charge is 0.494 e. The number of hydrogen-bond donors (Lipinski definition) is 1. The lowest BCUT2D eigenvalue weighted by Crippen LogP contribution is -2.41. The predicted octanol–water partition coefficient (Wildman–Crippen LogP) is 5.46. The van der Waals surface area contributed by atoms with Crippen molar-refractivity contribution in [1.29, 1.82) is 0 Å². The summed E-state index contributed by atoms with van der Waals surface area (Å²) in [6.45, 7) is 3.80. The van der Waals surface area contributed by atoms with E-state index in [1.165, 1.54) is 18.2 Å². The van der Waals surface area contributed by atoms with Gasteiger partial charge in [-0.05, 0) is 55.8 Å². The SMILES string of the molecule is CCOc1ccc([C@@H](C)NC(=O)CN(c2cccc(Cl)c2Cl)S(=O)(=O)c2ccccc2)cc1. The number of nitrogens with one attached hydrogen (secondary N) is 1. The molecule has 3 aromatic carbocycles. The van der Waals surface area contributed by atoms with Gasteiger partial charge in [-0.3, -0.25) is 9.10 Å². The summed E-state index contributed by atoms with van der Waals surface area (Å²) in [5, 5.41) is 3.08. The fourth-order valence-electron chi connectivity index (χ4n) is 3.22. The minimum atomic E-state index is -4.09. The second-order valence-corrected chi connectivity index (χ2v) is 9.84. The van der Waals surface area contributed by atoms with E-state index in [4.69, 9.17) is 27.9 Å². The molecule has 1 amide bonds. The summed E-state index contributed by atoms with van der Waals surface area (Å²) >= 11 is 12.5. The van der Waals surface area contributed by atoms with E-state index in [9.17, 15) is 13.2 Å². The maximum atomic E-state index is 13.4. The highest BCUT2D eigenvalue weighted by Crippen LogP contribution is 2.35. The zero-order valence-corrected chi connectivity index (χ0v) is 20.5. The first-order valence-electron chi connectivity index (χ1n) is 10.3. The Morgan fingerprint density at radius 2 is 1.67 bits per heavy atom. The van der Waals surface area contributed by atoms with Crippen LogP contribution in [0.25, 0.3) is 0 Å². The normalized spacial score (nSPS) is 12.1. The molecule has 0 aliphatic rings. The summed E-state index contributed by atoms with van der Waals surface area (Å²) < 4.78 is 33.2. The lowest BCUT2D eigenvalue weighted by Gasteiger charge is -2.26. The number of amides is 1. The van der Waals surface area contributed by atoms with Crippen LogP contribution in [-0.2, 0) is 14.8 Å². The molecule has 174 valence electrons. The zero-order chi connectivity index (χ0) is 24.0. The van der Waals surface area contributed by atoms with E-state index in [1.54, 1.807) is 30.3 Å². The molecule has 9 heteroatoms. The van der Waals surface area contributed by atoms with E-state index in [0.29, 0.717) is 6.61 Å². The van der Waals surface area contributed by atoms with E-state index in [1.807, 2.05) is 38.1 Å². The molecule has 0 saturated carbocycles. The third kappa shape index (κ3) is 5.99. The van der Waals surface area contributed by atoms with Gasteiger partial charge in [0.1, 0.15) is 12.3 Å². The molecular weight excluding hydrogens is 483 g/mol. The molecule has 0 aliphatic carbocycles. The van der Waals surface area contributed by atoms with Crippen LogP contribution in [0.2, 0.25) is 10.0 Å². The first kappa shape index (κ1) is 24.9. The molecule has 33 heavy (non-hydrogen) atoms. The molecule has 6 nitrogen and oxygen atoms in total. The van der Waals surface area contributed by atoms with Crippen LogP contribution in [0.1, 0.15) is 25.5 Å². The number of carbonyl (C=O) groups excluding carboxylic acids is 1. The Morgan fingerprint density at radius 3 is 2.30 bits per heavy atom. The first-order chi connectivity index (χ1) is 15.7. The van der Waals surface area contributed by atoms with Crippen molar-refractivity contribution in [3.05, 3.63) is 88.4 Å². The summed E-state index contributed by atoms with van der Waals surface area (Å²) in [6, 6.07) is 19.5. The lowest BCUT2D eigenvalue weighted by atomic mass is 10.1. The van der Waals surface area contributed by atoms with Crippen molar-refractivity contribution in [2.24, 2.45) is 0 Å². The van der Waals surface area contributed by atoms with E-state index in [2.05, 4.69) is 5.32 Å². The zero-order valence-electron chi connectivity index (χ0n) is 18.2. The van der Waals surface area contributed by atoms with Crippen molar-refractivity contribution in [1.82, 2.24) is 5.32 Å². The van der Waals surface area contributed by atoms with Crippen LogP contribution in [-0.4, -0.2) is 27.5 Å². The predicted molar refractivity (Wildman–Crippen MR) is 132 cm³/mol. The van der Waals surface area contributed by atoms with Crippen LogP contribution in [0.4, 0.5) is 5.69 Å². The number of sulfonamides is 1. The number of nitrogens with zero attached hydrogens (tertiary/aromatic N) is 1. The van der Waals surface area contributed by atoms with Crippen LogP contribution >= 0.6 is 23.2 Å². The van der Waals surface area contributed by atoms with Crippen molar-refractivity contribution in [2.45, 2.75) is 24.8 Å². The number of ether oxygens (including phenoxy) is 1. The Kier molecular flexibility index (Phi) is 8.24. The molecule has 0 bridgehead atoms. The minimum absolute atomic E-state index is 0.0356. The number of halogens is 2. The molecule has 0 saturated heterocycles. The van der Waals surface area contributed by atoms with Crippen molar-refractivity contribution >= 4 is 44.8 Å². The van der Waals surface area contributed by atoms with Gasteiger partial charge in [-0.2, -0.15) is 0 Å². The van der Waals surface area contributed by atoms with Crippen molar-refractivity contribution in [3.8, 4) is 5.75 Å². The maximum Gasteiger partial charge on any atom is 0.264 e. The Labute approximate surface area is 204 Å². The third-order valence-corrected chi connectivity index (χ3v) is 7.47. The van der Waals surface area contributed by atoms with Crippen LogP contribution in [0.3, 0.4) is 0 Å². The second kappa shape index (κ2) is 10.9. The molecule has 0 radical (unpaired) electrons. The Balaban J connectivity index is 1.87. The molecule has 1 N–H and O–H groups in total. The Morgan fingerprint density at radius 1 is 1.00 bits per heavy atom. The fraction of sp³-hybridized carbons (Fsp3) is 0.208. The molecule has 0 fully saturated rings. The summed E-state index contributed by atoms with van der Waals surface area (Å²) in [5.74, 6) is 0.238. The molecule has 3 rings (SSSR count). The first-order valence-corrected chi connectivity index (χ1v) is 12.5. The summed E-state index contributed by atoms with van der Waals surface area (Å²) in [5.41, 5.74) is 0.974. The van der Waals surface area contributed by atoms with E-state index < -0.39 is 22.5 Å². The number of anilines is 1. The highest BCUT2D eigenvalue weighted by molar-refractivity contribution is 7.92. The van der Waals surface area contributed by atoms with E-state index in [0.717, 1.165) is 15.6 Å². The minimum Gasteiger partial charge on any atom is -0.494 e. The Bertz CT molecular complexity index is 1200. The van der Waals surface area contributed by atoms with Gasteiger partial charge in [-0.25, -0.2) is 8.42 Å². The standard InChI is InChI=1S/C24H24Cl2N2O4S/c1-3-32-19-14-12-18(13-15-19)17(2)27-23(29)16-28(22-11-7-10-21(25)24(22)26)33(30,31)20-8-5-4-6-9-20/h4-15,17H,3,16H2,1-2H3,(H,27,29)/t17-/m1/s1. The smallest absolute Gasteiger partial charge is 0.264 e. The van der Waals surface area contributed by atoms with Crippen LogP contribution in [0.15, 0.2) is 77.7 Å². The van der Waals surface area contributed by atoms with Gasteiger partial charge in [0.25, 0.3) is 10.0 Å². The van der Waals surface area contributed by atoms with Crippen molar-refractivity contribution in [3.63, 3.8) is 0 Å². The fourth-order valence-corrected chi connectivity index (χ4v) is 5.13. The molecule has 3 aromatic rings. The maximum absolute atomic E-state index is 13.4. The van der Waals surface area contributed by atoms with Crippen LogP contribution in [0.5, 0.6) is 5.75 Å². The van der Waals surface area contributed by atoms with Gasteiger partial charge >= 0.3 is 0 Å². The average molecular weight is 507 g/mol. The lowest BCUT2D eigenvalue weighted by molar-refractivity contribution is -0.120. The van der Waals surface area contributed by atoms with Crippen molar-refractivity contribution in [2.75, 3.05) is 17.5 Å². The molecule has 0 aliphatic heterocycles. The highest BCUT2D eigenvalue weighted by Gasteiger charge is 2.29. The number of benzene rings is 3. The Hall–Kier alpha value is -2.74. The number of hydrogen-bond acceptors (Lipinski definition) is 4. The highest BCUT2D eigenvalue weighted by atomic mass is 35.5. The number of rotatable bonds is 9. The van der Waals surface area contributed by atoms with E-state index in [-0.39, 0.29) is 26.7 Å². The van der Waals surface area contributed by atoms with Gasteiger partial charge in [0.05, 0.1) is 33.3 Å². The average Bonchev–Trinajstić information content (AvgIpc) is 2.80. The van der Waals surface area contributed by atoms with Gasteiger partial charge < -0.3 is 10.1 Å². The molecule has 0 aromatic heterocycles. The van der Waals surface area contributed by atoms with Crippen LogP contribution in [0, 0.1) is 0 Å². The van der Waals surface area contributed by atoms with E-state index >= 15 is 0 Å². The monoisotopic (exact) mass is 506 g/mol. The summed E-state index contributed by atoms with van der Waals surface area (Å²) in [6.07, 6.45) is 0. The van der Waals surface area contributed by atoms with Gasteiger partial charge in [-0.1, -0.05) is 59.6 Å². The molecule has 0 spiro atoms. The van der Waals surface area contributed by atoms with Gasteiger partial charge in [0, 0.05) is 0 Å².